The van der Waals surface area contributed by atoms with E-state index in [1.807, 2.05) is 26.0 Å². The van der Waals surface area contributed by atoms with Gasteiger partial charge in [0.05, 0.1) is 5.75 Å². The lowest BCUT2D eigenvalue weighted by Gasteiger charge is -2.38. The van der Waals surface area contributed by atoms with E-state index in [0.717, 1.165) is 28.8 Å². The van der Waals surface area contributed by atoms with Crippen molar-refractivity contribution in [2.24, 2.45) is 4.99 Å². The summed E-state index contributed by atoms with van der Waals surface area (Å²) in [4.78, 5) is 44.8. The zero-order chi connectivity index (χ0) is 33.8. The van der Waals surface area contributed by atoms with E-state index in [0.29, 0.717) is 37.2 Å². The summed E-state index contributed by atoms with van der Waals surface area (Å²) in [6, 6.07) is 8.17. The lowest BCUT2D eigenvalue weighted by atomic mass is 9.86. The molecule has 4 amide bonds. The van der Waals surface area contributed by atoms with Crippen LogP contribution in [-0.2, 0) is 26.0 Å². The number of benzene rings is 2. The molecule has 0 saturated carbocycles. The minimum Gasteiger partial charge on any atom is -0.406 e. The van der Waals surface area contributed by atoms with Gasteiger partial charge in [0, 0.05) is 24.3 Å². The van der Waals surface area contributed by atoms with Gasteiger partial charge in [-0.3, -0.25) is 24.8 Å². The SMILES string of the molecule is Cc1cc(N2C(=O)NC(=O)C23CCNCC3)cc(C)c1CCS(=O)(=O)N1CCC2(CC1)N=C(c1ccc(OC(F)(F)F)cc1)NC2=O. The predicted octanol–water partition coefficient (Wildman–Crippen LogP) is 2.66. The van der Waals surface area contributed by atoms with Crippen molar-refractivity contribution in [1.29, 1.82) is 0 Å². The standard InChI is InChI=1S/C31H35F3N6O6S/c1-19-17-22(40-28(43)37-27(42)30(40)8-12-35-13-9-30)18-20(2)24(19)7-16-47(44,45)39-14-10-29(11-15-39)26(41)36-25(38-29)21-3-5-23(6-4-21)46-31(32,33)34/h3-6,17-18,35H,7-16H2,1-2H3,(H,36,38,41)(H,37,42,43). The number of alkyl halides is 3. The number of urea groups is 1. The molecule has 12 nitrogen and oxygen atoms in total. The van der Waals surface area contributed by atoms with Crippen LogP contribution in [-0.4, -0.2) is 85.8 Å². The second kappa shape index (κ2) is 11.9. The molecule has 6 rings (SSSR count). The summed E-state index contributed by atoms with van der Waals surface area (Å²) >= 11 is 0. The number of nitrogens with one attached hydrogen (secondary N) is 3. The Morgan fingerprint density at radius 2 is 1.53 bits per heavy atom. The molecule has 4 aliphatic rings. The molecule has 2 aromatic carbocycles. The molecule has 0 radical (unpaired) electrons. The highest BCUT2D eigenvalue weighted by molar-refractivity contribution is 7.89. The second-order valence-corrected chi connectivity index (χ2v) is 14.5. The third-order valence-corrected chi connectivity index (χ3v) is 11.4. The van der Waals surface area contributed by atoms with Gasteiger partial charge in [-0.25, -0.2) is 17.5 Å². The van der Waals surface area contributed by atoms with E-state index in [-0.39, 0.29) is 55.8 Å². The third kappa shape index (κ3) is 6.21. The number of aliphatic imine (C=N–C) groups is 1. The normalized spacial score (nSPS) is 21.3. The first-order valence-electron chi connectivity index (χ1n) is 15.3. The molecule has 2 aromatic rings. The molecule has 0 aliphatic carbocycles. The average Bonchev–Trinajstić information content (AvgIpc) is 3.43. The summed E-state index contributed by atoms with van der Waals surface area (Å²) in [6.07, 6.45) is -3.31. The molecule has 2 spiro atoms. The van der Waals surface area contributed by atoms with Gasteiger partial charge in [0.2, 0.25) is 10.0 Å². The van der Waals surface area contributed by atoms with Gasteiger partial charge in [-0.1, -0.05) is 0 Å². The second-order valence-electron chi connectivity index (χ2n) is 12.4. The number of sulfonamides is 1. The number of imide groups is 1. The Labute approximate surface area is 269 Å². The summed E-state index contributed by atoms with van der Waals surface area (Å²) in [5.41, 5.74) is 1.35. The third-order valence-electron chi connectivity index (χ3n) is 9.54. The molecule has 16 heteroatoms. The van der Waals surface area contributed by atoms with E-state index < -0.39 is 39.2 Å². The highest BCUT2D eigenvalue weighted by atomic mass is 32.2. The summed E-state index contributed by atoms with van der Waals surface area (Å²) in [7, 11) is -3.71. The Bertz CT molecular complexity index is 1720. The van der Waals surface area contributed by atoms with Gasteiger partial charge in [0.15, 0.2) is 0 Å². The Balaban J connectivity index is 1.11. The van der Waals surface area contributed by atoms with E-state index in [9.17, 15) is 36.0 Å². The van der Waals surface area contributed by atoms with Crippen molar-refractivity contribution >= 4 is 39.4 Å². The van der Waals surface area contributed by atoms with Crippen molar-refractivity contribution in [2.75, 3.05) is 36.8 Å². The van der Waals surface area contributed by atoms with Crippen molar-refractivity contribution in [2.45, 2.75) is 63.4 Å². The number of amidine groups is 1. The van der Waals surface area contributed by atoms with Crippen LogP contribution in [0.2, 0.25) is 0 Å². The van der Waals surface area contributed by atoms with Crippen molar-refractivity contribution in [3.63, 3.8) is 0 Å². The zero-order valence-electron chi connectivity index (χ0n) is 25.9. The molecule has 0 bridgehead atoms. The topological polar surface area (TPSA) is 150 Å². The first-order valence-corrected chi connectivity index (χ1v) is 17.0. The van der Waals surface area contributed by atoms with E-state index in [2.05, 4.69) is 25.7 Å². The van der Waals surface area contributed by atoms with Crippen molar-refractivity contribution in [3.8, 4) is 5.75 Å². The highest BCUT2D eigenvalue weighted by Crippen LogP contribution is 2.38. The largest absolute Gasteiger partial charge is 0.573 e. The number of hydrogen-bond donors (Lipinski definition) is 3. The van der Waals surface area contributed by atoms with Crippen LogP contribution in [0.1, 0.15) is 47.9 Å². The van der Waals surface area contributed by atoms with Crippen LogP contribution in [0.15, 0.2) is 41.4 Å². The smallest absolute Gasteiger partial charge is 0.406 e. The molecular weight excluding hydrogens is 641 g/mol. The quantitative estimate of drug-likeness (QED) is 0.382. The highest BCUT2D eigenvalue weighted by Gasteiger charge is 2.54. The van der Waals surface area contributed by atoms with E-state index in [1.165, 1.54) is 16.4 Å². The van der Waals surface area contributed by atoms with Crippen LogP contribution in [0, 0.1) is 13.8 Å². The maximum atomic E-state index is 13.4. The minimum atomic E-state index is -4.83. The molecule has 47 heavy (non-hydrogen) atoms. The molecule has 0 unspecified atom stereocenters. The molecule has 3 N–H and O–H groups in total. The maximum absolute atomic E-state index is 13.4. The number of nitrogens with zero attached hydrogens (tertiary/aromatic N) is 3. The molecule has 0 atom stereocenters. The Hall–Kier alpha value is -4.02. The first kappa shape index (κ1) is 32.9. The summed E-state index contributed by atoms with van der Waals surface area (Å²) < 4.78 is 69.6. The minimum absolute atomic E-state index is 0.0802. The van der Waals surface area contributed by atoms with E-state index in [4.69, 9.17) is 0 Å². The zero-order valence-corrected chi connectivity index (χ0v) is 26.7. The molecule has 3 saturated heterocycles. The number of piperidine rings is 2. The Morgan fingerprint density at radius 1 is 0.915 bits per heavy atom. The van der Waals surface area contributed by atoms with Crippen molar-refractivity contribution < 1.29 is 40.7 Å². The van der Waals surface area contributed by atoms with Gasteiger partial charge in [0.25, 0.3) is 11.8 Å². The Morgan fingerprint density at radius 3 is 2.13 bits per heavy atom. The van der Waals surface area contributed by atoms with Crippen molar-refractivity contribution in [1.82, 2.24) is 20.3 Å². The molecule has 4 aliphatic heterocycles. The first-order chi connectivity index (χ1) is 22.1. The fraction of sp³-hybridized carbons (Fsp3) is 0.484. The molecular formula is C31H35F3N6O6S. The van der Waals surface area contributed by atoms with Crippen LogP contribution >= 0.6 is 0 Å². The number of aryl methyl sites for hydroxylation is 2. The summed E-state index contributed by atoms with van der Waals surface area (Å²) in [5, 5.41) is 8.38. The van der Waals surface area contributed by atoms with E-state index in [1.54, 1.807) is 4.90 Å². The van der Waals surface area contributed by atoms with E-state index >= 15 is 0 Å². The average molecular weight is 677 g/mol. The van der Waals surface area contributed by atoms with Crippen molar-refractivity contribution in [3.05, 3.63) is 58.7 Å². The van der Waals surface area contributed by atoms with Crippen LogP contribution in [0.3, 0.4) is 0 Å². The summed E-state index contributed by atoms with van der Waals surface area (Å²) in [5.74, 6) is -1.04. The van der Waals surface area contributed by atoms with Gasteiger partial charge >= 0.3 is 12.4 Å². The summed E-state index contributed by atoms with van der Waals surface area (Å²) in [6.45, 7) is 5.10. The number of rotatable bonds is 7. The predicted molar refractivity (Wildman–Crippen MR) is 166 cm³/mol. The molecule has 4 heterocycles. The monoisotopic (exact) mass is 676 g/mol. The van der Waals surface area contributed by atoms with Crippen LogP contribution in [0.5, 0.6) is 5.75 Å². The van der Waals surface area contributed by atoms with Crippen LogP contribution < -0.4 is 25.6 Å². The number of amides is 4. The number of carbonyl (C=O) groups is 3. The van der Waals surface area contributed by atoms with Crippen LogP contribution in [0.4, 0.5) is 23.7 Å². The number of hydrogen-bond acceptors (Lipinski definition) is 8. The maximum Gasteiger partial charge on any atom is 0.573 e. The molecule has 0 aromatic heterocycles. The fourth-order valence-electron chi connectivity index (χ4n) is 7.02. The van der Waals surface area contributed by atoms with Crippen LogP contribution in [0.25, 0.3) is 0 Å². The van der Waals surface area contributed by atoms with Gasteiger partial charge in [-0.05, 0) is 112 Å². The number of carbonyl (C=O) groups excluding carboxylic acids is 3. The molecule has 3 fully saturated rings. The number of halogens is 3. The number of ether oxygens (including phenoxy) is 1. The lowest BCUT2D eigenvalue weighted by Crippen LogP contribution is -2.56. The number of anilines is 1. The lowest BCUT2D eigenvalue weighted by molar-refractivity contribution is -0.274. The van der Waals surface area contributed by atoms with Gasteiger partial charge in [-0.2, -0.15) is 0 Å². The van der Waals surface area contributed by atoms with Gasteiger partial charge in [-0.15, -0.1) is 13.2 Å². The fourth-order valence-corrected chi connectivity index (χ4v) is 8.47. The van der Waals surface area contributed by atoms with Gasteiger partial charge in [0.1, 0.15) is 22.7 Å². The Kier molecular flexibility index (Phi) is 8.33. The van der Waals surface area contributed by atoms with Gasteiger partial charge < -0.3 is 15.4 Å². The molecule has 252 valence electrons.